The monoisotopic (exact) mass is 291 g/mol. The first-order valence-electron chi connectivity index (χ1n) is 7.75. The number of nitrogens with zero attached hydrogens (tertiary/aromatic N) is 1. The molecule has 0 saturated carbocycles. The number of carbonyl (C=O) groups excluding carboxylic acids is 1. The van der Waals surface area contributed by atoms with Crippen molar-refractivity contribution in [3.63, 3.8) is 0 Å². The molecule has 1 saturated heterocycles. The van der Waals surface area contributed by atoms with Gasteiger partial charge < -0.3 is 9.47 Å². The molecule has 21 heavy (non-hydrogen) atoms. The van der Waals surface area contributed by atoms with Crippen LogP contribution in [0.15, 0.2) is 24.3 Å². The molecular formula is C17H25NO3. The Morgan fingerprint density at radius 2 is 1.86 bits per heavy atom. The summed E-state index contributed by atoms with van der Waals surface area (Å²) in [5, 5.41) is 0. The Bertz CT molecular complexity index is 438. The summed E-state index contributed by atoms with van der Waals surface area (Å²) in [6, 6.07) is 7.64. The number of likely N-dealkylation sites (tertiary alicyclic amines) is 1. The molecule has 0 unspecified atom stereocenters. The number of carbonyl (C=O) groups is 1. The quantitative estimate of drug-likeness (QED) is 0.756. The Kier molecular flexibility index (Phi) is 6.05. The summed E-state index contributed by atoms with van der Waals surface area (Å²) in [7, 11) is 0. The summed E-state index contributed by atoms with van der Waals surface area (Å²) in [4.78, 5) is 14.1. The zero-order chi connectivity index (χ0) is 15.1. The minimum atomic E-state index is -0.305. The molecule has 1 aliphatic rings. The van der Waals surface area contributed by atoms with Crippen LogP contribution < -0.4 is 4.74 Å². The third-order valence-electron chi connectivity index (χ3n) is 3.67. The Balaban J connectivity index is 1.67. The normalized spacial score (nSPS) is 17.2. The molecule has 1 atom stereocenters. The molecule has 0 spiro atoms. The van der Waals surface area contributed by atoms with Crippen molar-refractivity contribution in [3.8, 4) is 5.75 Å². The van der Waals surface area contributed by atoms with Gasteiger partial charge in [-0.2, -0.15) is 0 Å². The van der Waals surface area contributed by atoms with Gasteiger partial charge in [0.15, 0.2) is 6.61 Å². The van der Waals surface area contributed by atoms with E-state index in [0.29, 0.717) is 5.75 Å². The number of benzene rings is 1. The lowest BCUT2D eigenvalue weighted by Gasteiger charge is -2.28. The minimum Gasteiger partial charge on any atom is -0.482 e. The number of aryl methyl sites for hydroxylation is 1. The molecule has 0 amide bonds. The summed E-state index contributed by atoms with van der Waals surface area (Å²) in [6.45, 7) is 6.96. The maximum atomic E-state index is 11.8. The van der Waals surface area contributed by atoms with Gasteiger partial charge in [-0.1, -0.05) is 24.1 Å². The highest BCUT2D eigenvalue weighted by molar-refractivity contribution is 5.71. The fourth-order valence-electron chi connectivity index (χ4n) is 2.58. The molecule has 4 nitrogen and oxygen atoms in total. The number of esters is 1. The molecular weight excluding hydrogens is 266 g/mol. The van der Waals surface area contributed by atoms with Gasteiger partial charge in [0.2, 0.25) is 0 Å². The van der Waals surface area contributed by atoms with Crippen molar-refractivity contribution >= 4 is 5.97 Å². The summed E-state index contributed by atoms with van der Waals surface area (Å²) in [6.07, 6.45) is 3.72. The van der Waals surface area contributed by atoms with Crippen LogP contribution in [-0.2, 0) is 9.53 Å². The first-order chi connectivity index (χ1) is 10.1. The molecule has 0 aliphatic carbocycles. The first kappa shape index (κ1) is 15.8. The first-order valence-corrected chi connectivity index (χ1v) is 7.75. The van der Waals surface area contributed by atoms with Gasteiger partial charge in [0.1, 0.15) is 11.9 Å². The standard InChI is InChI=1S/C17H25NO3/c1-14-6-8-16(9-7-14)20-13-17(19)21-15(2)12-18-10-4-3-5-11-18/h6-9,15H,3-5,10-13H2,1-2H3/t15-/m0/s1. The van der Waals surface area contributed by atoms with Crippen LogP contribution in [0.2, 0.25) is 0 Å². The van der Waals surface area contributed by atoms with E-state index in [1.807, 2.05) is 38.1 Å². The van der Waals surface area contributed by atoms with Crippen LogP contribution in [0.4, 0.5) is 0 Å². The highest BCUT2D eigenvalue weighted by Crippen LogP contribution is 2.12. The number of piperidine rings is 1. The van der Waals surface area contributed by atoms with Crippen molar-refractivity contribution in [1.82, 2.24) is 4.90 Å². The van der Waals surface area contributed by atoms with Crippen LogP contribution >= 0.6 is 0 Å². The highest BCUT2D eigenvalue weighted by atomic mass is 16.6. The summed E-state index contributed by atoms with van der Waals surface area (Å²) < 4.78 is 10.8. The molecule has 0 bridgehead atoms. The zero-order valence-corrected chi connectivity index (χ0v) is 13.0. The van der Waals surface area contributed by atoms with Crippen molar-refractivity contribution in [2.75, 3.05) is 26.2 Å². The number of hydrogen-bond donors (Lipinski definition) is 0. The van der Waals surface area contributed by atoms with E-state index in [4.69, 9.17) is 9.47 Å². The second kappa shape index (κ2) is 8.03. The number of hydrogen-bond acceptors (Lipinski definition) is 4. The van der Waals surface area contributed by atoms with E-state index in [0.717, 1.165) is 19.6 Å². The average Bonchev–Trinajstić information content (AvgIpc) is 2.47. The maximum absolute atomic E-state index is 11.8. The molecule has 1 aromatic carbocycles. The van der Waals surface area contributed by atoms with Gasteiger partial charge in [-0.15, -0.1) is 0 Å². The van der Waals surface area contributed by atoms with Crippen LogP contribution in [0.3, 0.4) is 0 Å². The smallest absolute Gasteiger partial charge is 0.344 e. The van der Waals surface area contributed by atoms with E-state index in [1.165, 1.54) is 24.8 Å². The minimum absolute atomic E-state index is 0.0343. The summed E-state index contributed by atoms with van der Waals surface area (Å²) in [5.74, 6) is 0.390. The fraction of sp³-hybridized carbons (Fsp3) is 0.588. The molecule has 2 rings (SSSR count). The Labute approximate surface area is 127 Å². The highest BCUT2D eigenvalue weighted by Gasteiger charge is 2.16. The van der Waals surface area contributed by atoms with Crippen molar-refractivity contribution in [3.05, 3.63) is 29.8 Å². The Morgan fingerprint density at radius 3 is 2.52 bits per heavy atom. The lowest BCUT2D eigenvalue weighted by atomic mass is 10.1. The number of ether oxygens (including phenoxy) is 2. The summed E-state index contributed by atoms with van der Waals surface area (Å²) in [5.41, 5.74) is 1.17. The average molecular weight is 291 g/mol. The molecule has 0 N–H and O–H groups in total. The Morgan fingerprint density at radius 1 is 1.19 bits per heavy atom. The van der Waals surface area contributed by atoms with Crippen molar-refractivity contribution < 1.29 is 14.3 Å². The lowest BCUT2D eigenvalue weighted by molar-refractivity contribution is -0.151. The van der Waals surface area contributed by atoms with E-state index in [-0.39, 0.29) is 18.7 Å². The van der Waals surface area contributed by atoms with Crippen molar-refractivity contribution in [1.29, 1.82) is 0 Å². The second-order valence-electron chi connectivity index (χ2n) is 5.76. The van der Waals surface area contributed by atoms with Gasteiger partial charge in [-0.05, 0) is 51.9 Å². The van der Waals surface area contributed by atoms with E-state index in [2.05, 4.69) is 4.90 Å². The van der Waals surface area contributed by atoms with Gasteiger partial charge in [0, 0.05) is 6.54 Å². The SMILES string of the molecule is Cc1ccc(OCC(=O)O[C@@H](C)CN2CCCCC2)cc1. The molecule has 0 radical (unpaired) electrons. The fourth-order valence-corrected chi connectivity index (χ4v) is 2.58. The largest absolute Gasteiger partial charge is 0.482 e. The molecule has 0 aromatic heterocycles. The van der Waals surface area contributed by atoms with Crippen LogP contribution in [0, 0.1) is 6.92 Å². The van der Waals surface area contributed by atoms with Gasteiger partial charge in [0.25, 0.3) is 0 Å². The van der Waals surface area contributed by atoms with Gasteiger partial charge >= 0.3 is 5.97 Å². The van der Waals surface area contributed by atoms with Crippen molar-refractivity contribution in [2.24, 2.45) is 0 Å². The van der Waals surface area contributed by atoms with E-state index in [1.54, 1.807) is 0 Å². The van der Waals surface area contributed by atoms with Crippen molar-refractivity contribution in [2.45, 2.75) is 39.2 Å². The van der Waals surface area contributed by atoms with Crippen LogP contribution in [0.1, 0.15) is 31.7 Å². The molecule has 1 aliphatic heterocycles. The van der Waals surface area contributed by atoms with Gasteiger partial charge in [0.05, 0.1) is 0 Å². The van der Waals surface area contributed by atoms with Crippen LogP contribution in [0.25, 0.3) is 0 Å². The molecule has 116 valence electrons. The van der Waals surface area contributed by atoms with Crippen LogP contribution in [0.5, 0.6) is 5.75 Å². The van der Waals surface area contributed by atoms with E-state index in [9.17, 15) is 4.79 Å². The molecule has 4 heteroatoms. The van der Waals surface area contributed by atoms with Gasteiger partial charge in [-0.3, -0.25) is 4.90 Å². The summed E-state index contributed by atoms with van der Waals surface area (Å²) >= 11 is 0. The van der Waals surface area contributed by atoms with Crippen LogP contribution in [-0.4, -0.2) is 43.2 Å². The van der Waals surface area contributed by atoms with Gasteiger partial charge in [-0.25, -0.2) is 4.79 Å². The Hall–Kier alpha value is -1.55. The predicted molar refractivity (Wildman–Crippen MR) is 82.5 cm³/mol. The maximum Gasteiger partial charge on any atom is 0.344 e. The predicted octanol–water partition coefficient (Wildman–Crippen LogP) is 2.79. The topological polar surface area (TPSA) is 38.8 Å². The molecule has 1 heterocycles. The third-order valence-corrected chi connectivity index (χ3v) is 3.67. The number of rotatable bonds is 6. The van der Waals surface area contributed by atoms with E-state index >= 15 is 0 Å². The zero-order valence-electron chi connectivity index (χ0n) is 13.0. The third kappa shape index (κ3) is 5.76. The van der Waals surface area contributed by atoms with E-state index < -0.39 is 0 Å². The molecule has 1 aromatic rings. The second-order valence-corrected chi connectivity index (χ2v) is 5.76. The lowest BCUT2D eigenvalue weighted by Crippen LogP contribution is -2.37. The molecule has 1 fully saturated rings.